The molecule has 1 atom stereocenters. The van der Waals surface area contributed by atoms with Gasteiger partial charge in [-0.15, -0.1) is 0 Å². The molecule has 0 unspecified atom stereocenters. The Morgan fingerprint density at radius 3 is 2.28 bits per heavy atom. The van der Waals surface area contributed by atoms with Gasteiger partial charge in [-0.3, -0.25) is 4.90 Å². The van der Waals surface area contributed by atoms with Gasteiger partial charge in [0.2, 0.25) is 5.88 Å². The Morgan fingerprint density at radius 1 is 1.20 bits per heavy atom. The van der Waals surface area contributed by atoms with Crippen LogP contribution in [0.3, 0.4) is 0 Å². The van der Waals surface area contributed by atoms with Crippen molar-refractivity contribution >= 4 is 0 Å². The lowest BCUT2D eigenvalue weighted by Gasteiger charge is -2.21. The van der Waals surface area contributed by atoms with Crippen LogP contribution in [0.5, 0.6) is 11.6 Å². The molecule has 25 heavy (non-hydrogen) atoms. The van der Waals surface area contributed by atoms with E-state index in [-0.39, 0.29) is 18.5 Å². The molecule has 1 aliphatic rings. The van der Waals surface area contributed by atoms with Crippen molar-refractivity contribution in [2.75, 3.05) is 13.1 Å². The van der Waals surface area contributed by atoms with E-state index in [4.69, 9.17) is 4.74 Å². The lowest BCUT2D eigenvalue weighted by Crippen LogP contribution is -2.41. The molecule has 0 N–H and O–H groups in total. The van der Waals surface area contributed by atoms with Crippen LogP contribution in [0.25, 0.3) is 0 Å². The molecule has 0 amide bonds. The Bertz CT molecular complexity index is 590. The Kier molecular flexibility index (Phi) is 5.08. The number of halogens is 7. The Morgan fingerprint density at radius 2 is 1.84 bits per heavy atom. The van der Waals surface area contributed by atoms with Crippen LogP contribution in [0.4, 0.5) is 30.7 Å². The third-order valence-corrected chi connectivity index (χ3v) is 3.56. The Labute approximate surface area is 138 Å². The van der Waals surface area contributed by atoms with Gasteiger partial charge in [0.15, 0.2) is 6.10 Å². The summed E-state index contributed by atoms with van der Waals surface area (Å²) < 4.78 is 98.0. The molecular formula is C14H15F7N2O2. The lowest BCUT2D eigenvalue weighted by atomic mass is 10.2. The third-order valence-electron chi connectivity index (χ3n) is 3.56. The monoisotopic (exact) mass is 376 g/mol. The summed E-state index contributed by atoms with van der Waals surface area (Å²) in [7, 11) is 0. The van der Waals surface area contributed by atoms with E-state index in [2.05, 4.69) is 9.72 Å². The summed E-state index contributed by atoms with van der Waals surface area (Å²) in [6.45, 7) is 2.90. The highest BCUT2D eigenvalue weighted by Crippen LogP contribution is 2.37. The summed E-state index contributed by atoms with van der Waals surface area (Å²) in [4.78, 5) is 4.94. The smallest absolute Gasteiger partial charge is 0.466 e. The van der Waals surface area contributed by atoms with E-state index in [0.29, 0.717) is 6.20 Å². The van der Waals surface area contributed by atoms with Crippen molar-refractivity contribution in [2.24, 2.45) is 0 Å². The lowest BCUT2D eigenvalue weighted by molar-refractivity contribution is -0.360. The van der Waals surface area contributed by atoms with Crippen LogP contribution in [0.2, 0.25) is 0 Å². The van der Waals surface area contributed by atoms with Gasteiger partial charge in [0, 0.05) is 18.7 Å². The average molecular weight is 376 g/mol. The van der Waals surface area contributed by atoms with Crippen molar-refractivity contribution < 1.29 is 40.2 Å². The number of nitrogens with zero attached hydrogens (tertiary/aromatic N) is 2. The molecule has 142 valence electrons. The fourth-order valence-corrected chi connectivity index (χ4v) is 2.15. The van der Waals surface area contributed by atoms with Crippen molar-refractivity contribution in [3.05, 3.63) is 18.3 Å². The van der Waals surface area contributed by atoms with Crippen LogP contribution in [-0.2, 0) is 0 Å². The summed E-state index contributed by atoms with van der Waals surface area (Å²) in [6.07, 6.45) is -12.3. The first kappa shape index (κ1) is 19.5. The Hall–Kier alpha value is -1.78. The average Bonchev–Trinajstić information content (AvgIpc) is 2.75. The van der Waals surface area contributed by atoms with Gasteiger partial charge in [-0.2, -0.15) is 22.0 Å². The number of hydrogen-bond acceptors (Lipinski definition) is 4. The predicted octanol–water partition coefficient (Wildman–Crippen LogP) is 3.72. The molecule has 1 saturated heterocycles. The molecule has 0 bridgehead atoms. The maximum absolute atomic E-state index is 13.9. The summed E-state index contributed by atoms with van der Waals surface area (Å²) >= 11 is 0. The van der Waals surface area contributed by atoms with E-state index in [9.17, 15) is 30.7 Å². The number of aromatic nitrogens is 1. The van der Waals surface area contributed by atoms with Gasteiger partial charge in [0.1, 0.15) is 5.75 Å². The molecule has 2 heterocycles. The van der Waals surface area contributed by atoms with Crippen molar-refractivity contribution in [2.45, 2.75) is 44.2 Å². The highest BCUT2D eigenvalue weighted by Gasteiger charge is 2.61. The molecule has 1 fully saturated rings. The van der Waals surface area contributed by atoms with Crippen molar-refractivity contribution in [3.63, 3.8) is 0 Å². The molecule has 1 aromatic rings. The molecule has 4 nitrogen and oxygen atoms in total. The highest BCUT2D eigenvalue weighted by molar-refractivity contribution is 5.24. The second kappa shape index (κ2) is 6.50. The van der Waals surface area contributed by atoms with Gasteiger partial charge in [0.25, 0.3) is 5.92 Å². The summed E-state index contributed by atoms with van der Waals surface area (Å²) in [6, 6.07) is 1.48. The number of ether oxygens (including phenoxy) is 2. The molecule has 0 spiro atoms. The molecule has 2 rings (SSSR count). The molecule has 0 aromatic carbocycles. The quantitative estimate of drug-likeness (QED) is 0.734. The second-order valence-electron chi connectivity index (χ2n) is 5.84. The Balaban J connectivity index is 2.04. The fraction of sp³-hybridized carbons (Fsp3) is 0.643. The van der Waals surface area contributed by atoms with E-state index >= 15 is 0 Å². The largest absolute Gasteiger partial charge is 0.499 e. The zero-order valence-corrected chi connectivity index (χ0v) is 13.2. The molecule has 1 aromatic heterocycles. The first-order valence-corrected chi connectivity index (χ1v) is 7.20. The molecule has 0 radical (unpaired) electrons. The zero-order valence-electron chi connectivity index (χ0n) is 13.2. The first-order chi connectivity index (χ1) is 11.3. The van der Waals surface area contributed by atoms with Crippen LogP contribution in [0.1, 0.15) is 13.8 Å². The molecule has 0 saturated carbocycles. The summed E-state index contributed by atoms with van der Waals surface area (Å²) in [5.74, 6) is -4.36. The third kappa shape index (κ3) is 4.44. The fourth-order valence-electron chi connectivity index (χ4n) is 2.15. The maximum Gasteiger partial charge on any atom is 0.499 e. The minimum atomic E-state index is -5.89. The molecular weight excluding hydrogens is 361 g/mol. The molecule has 11 heteroatoms. The van der Waals surface area contributed by atoms with E-state index in [0.717, 1.165) is 12.1 Å². The predicted molar refractivity (Wildman–Crippen MR) is 71.9 cm³/mol. The summed E-state index contributed by atoms with van der Waals surface area (Å²) in [5, 5.41) is 0. The van der Waals surface area contributed by atoms with Gasteiger partial charge < -0.3 is 9.47 Å². The van der Waals surface area contributed by atoms with Crippen molar-refractivity contribution in [3.8, 4) is 11.6 Å². The second-order valence-corrected chi connectivity index (χ2v) is 5.84. The number of rotatable bonds is 5. The van der Waals surface area contributed by atoms with Crippen LogP contribution < -0.4 is 9.47 Å². The number of likely N-dealkylation sites (tertiary alicyclic amines) is 1. The minimum absolute atomic E-state index is 0.0727. The maximum atomic E-state index is 13.9. The van der Waals surface area contributed by atoms with Gasteiger partial charge in [0.05, 0.1) is 12.7 Å². The highest BCUT2D eigenvalue weighted by atomic mass is 19.4. The van der Waals surface area contributed by atoms with E-state index < -0.39 is 36.6 Å². The first-order valence-electron chi connectivity index (χ1n) is 7.20. The molecule has 0 aliphatic carbocycles. The van der Waals surface area contributed by atoms with Crippen molar-refractivity contribution in [1.82, 2.24) is 9.88 Å². The van der Waals surface area contributed by atoms with Crippen LogP contribution in [-0.4, -0.2) is 53.3 Å². The number of pyridine rings is 1. The van der Waals surface area contributed by atoms with Gasteiger partial charge in [-0.1, -0.05) is 0 Å². The standard InChI is InChI=1S/C14H15F7N2O2/c1-8(2)23-6-10(12(15,16)7-23)24-11-4-3-9(5-22-11)25-14(20,21)13(17,18)19/h3-5,8,10H,6-7H2,1-2H3/t10-/m0/s1. The van der Waals surface area contributed by atoms with E-state index in [1.807, 2.05) is 0 Å². The van der Waals surface area contributed by atoms with Crippen LogP contribution in [0.15, 0.2) is 18.3 Å². The topological polar surface area (TPSA) is 34.6 Å². The van der Waals surface area contributed by atoms with Crippen LogP contribution in [0, 0.1) is 0 Å². The number of hydrogen-bond donors (Lipinski definition) is 0. The minimum Gasteiger partial charge on any atom is -0.466 e. The van der Waals surface area contributed by atoms with Gasteiger partial charge in [-0.25, -0.2) is 13.8 Å². The number of alkyl halides is 7. The van der Waals surface area contributed by atoms with E-state index in [1.54, 1.807) is 13.8 Å². The normalized spacial score (nSPS) is 21.6. The van der Waals surface area contributed by atoms with E-state index in [1.165, 1.54) is 4.90 Å². The zero-order chi connectivity index (χ0) is 19.0. The SMILES string of the molecule is CC(C)N1C[C@H](Oc2ccc(OC(F)(F)C(F)(F)F)cn2)C(F)(F)C1. The van der Waals surface area contributed by atoms with Gasteiger partial charge >= 0.3 is 12.3 Å². The summed E-state index contributed by atoms with van der Waals surface area (Å²) in [5.41, 5.74) is 0. The van der Waals surface area contributed by atoms with Crippen molar-refractivity contribution in [1.29, 1.82) is 0 Å². The molecule has 1 aliphatic heterocycles. The van der Waals surface area contributed by atoms with Crippen LogP contribution >= 0.6 is 0 Å². The van der Waals surface area contributed by atoms with Gasteiger partial charge in [-0.05, 0) is 19.9 Å².